The second kappa shape index (κ2) is 3.17. The fourth-order valence-electron chi connectivity index (χ4n) is 0.603. The van der Waals surface area contributed by atoms with E-state index >= 15 is 0 Å². The van der Waals surface area contributed by atoms with Gasteiger partial charge < -0.3 is 0 Å². The van der Waals surface area contributed by atoms with Crippen LogP contribution in [0.5, 0.6) is 0 Å². The molecular weight excluding hydrogens is 116 g/mol. The lowest BCUT2D eigenvalue weighted by molar-refractivity contribution is 0.552. The van der Waals surface area contributed by atoms with Gasteiger partial charge in [0.1, 0.15) is 6.33 Å². The van der Waals surface area contributed by atoms with Crippen LogP contribution in [0.3, 0.4) is 0 Å². The molecule has 0 amide bonds. The predicted molar refractivity (Wildman–Crippen MR) is 32.7 cm³/mol. The molecule has 0 unspecified atom stereocenters. The second-order valence-electron chi connectivity index (χ2n) is 1.93. The molecule has 0 saturated heterocycles. The molecule has 0 aliphatic heterocycles. The Hall–Kier alpha value is -0.930. The molecule has 1 heterocycles. The lowest BCUT2D eigenvalue weighted by Gasteiger charge is -1.92. The summed E-state index contributed by atoms with van der Waals surface area (Å²) in [5.41, 5.74) is 0. The van der Waals surface area contributed by atoms with Crippen molar-refractivity contribution < 1.29 is 0 Å². The summed E-state index contributed by atoms with van der Waals surface area (Å²) in [4.78, 5) is 0. The van der Waals surface area contributed by atoms with Crippen molar-refractivity contribution in [1.82, 2.24) is 20.2 Å². The van der Waals surface area contributed by atoms with Crippen molar-refractivity contribution in [3.8, 4) is 0 Å². The van der Waals surface area contributed by atoms with Gasteiger partial charge in [0.05, 0.1) is 0 Å². The van der Waals surface area contributed by atoms with E-state index in [1.165, 1.54) is 6.42 Å². The summed E-state index contributed by atoms with van der Waals surface area (Å²) in [5, 5.41) is 10.7. The van der Waals surface area contributed by atoms with E-state index in [0.717, 1.165) is 13.0 Å². The predicted octanol–water partition coefficient (Wildman–Crippen LogP) is 0.473. The minimum absolute atomic E-state index is 0.934. The SMILES string of the molecule is CCCCn1cnnn1. The molecule has 0 fully saturated rings. The number of tetrazole rings is 1. The highest BCUT2D eigenvalue weighted by molar-refractivity contribution is 4.45. The molecule has 0 aromatic carbocycles. The number of rotatable bonds is 3. The summed E-state index contributed by atoms with van der Waals surface area (Å²) < 4.78 is 1.74. The summed E-state index contributed by atoms with van der Waals surface area (Å²) in [7, 11) is 0. The van der Waals surface area contributed by atoms with E-state index in [0.29, 0.717) is 0 Å². The first-order chi connectivity index (χ1) is 4.43. The molecule has 0 saturated carbocycles. The van der Waals surface area contributed by atoms with E-state index in [1.54, 1.807) is 11.0 Å². The van der Waals surface area contributed by atoms with E-state index in [1.807, 2.05) is 0 Å². The maximum Gasteiger partial charge on any atom is 0.138 e. The highest BCUT2D eigenvalue weighted by Crippen LogP contribution is 1.88. The van der Waals surface area contributed by atoms with Gasteiger partial charge in [-0.3, -0.25) is 0 Å². The monoisotopic (exact) mass is 126 g/mol. The van der Waals surface area contributed by atoms with Gasteiger partial charge in [-0.1, -0.05) is 13.3 Å². The first kappa shape index (κ1) is 6.19. The number of aromatic nitrogens is 4. The van der Waals surface area contributed by atoms with Gasteiger partial charge in [0, 0.05) is 6.54 Å². The summed E-state index contributed by atoms with van der Waals surface area (Å²) in [6, 6.07) is 0. The van der Waals surface area contributed by atoms with Crippen LogP contribution in [0.1, 0.15) is 19.8 Å². The number of unbranched alkanes of at least 4 members (excludes halogenated alkanes) is 1. The van der Waals surface area contributed by atoms with Gasteiger partial charge in [0.25, 0.3) is 0 Å². The van der Waals surface area contributed by atoms with Crippen molar-refractivity contribution in [3.05, 3.63) is 6.33 Å². The van der Waals surface area contributed by atoms with Gasteiger partial charge in [0.2, 0.25) is 0 Å². The number of hydrogen-bond donors (Lipinski definition) is 0. The average molecular weight is 126 g/mol. The molecule has 4 heteroatoms. The van der Waals surface area contributed by atoms with E-state index in [4.69, 9.17) is 0 Å². The lowest BCUT2D eigenvalue weighted by atomic mass is 10.3. The van der Waals surface area contributed by atoms with Crippen molar-refractivity contribution in [1.29, 1.82) is 0 Å². The van der Waals surface area contributed by atoms with E-state index < -0.39 is 0 Å². The molecule has 1 aromatic rings. The molecule has 50 valence electrons. The van der Waals surface area contributed by atoms with Crippen molar-refractivity contribution >= 4 is 0 Å². The van der Waals surface area contributed by atoms with Crippen LogP contribution in [0.2, 0.25) is 0 Å². The molecule has 1 rings (SSSR count). The maximum atomic E-state index is 3.71. The number of nitrogens with zero attached hydrogens (tertiary/aromatic N) is 4. The van der Waals surface area contributed by atoms with Crippen LogP contribution < -0.4 is 0 Å². The molecule has 9 heavy (non-hydrogen) atoms. The topological polar surface area (TPSA) is 43.6 Å². The van der Waals surface area contributed by atoms with E-state index in [-0.39, 0.29) is 0 Å². The van der Waals surface area contributed by atoms with Crippen LogP contribution in [0, 0.1) is 0 Å². The van der Waals surface area contributed by atoms with Crippen LogP contribution in [0.4, 0.5) is 0 Å². The molecule has 0 atom stereocenters. The summed E-state index contributed by atoms with van der Waals surface area (Å²) in [6.45, 7) is 3.08. The molecule has 0 N–H and O–H groups in total. The fraction of sp³-hybridized carbons (Fsp3) is 0.800. The van der Waals surface area contributed by atoms with Gasteiger partial charge in [-0.15, -0.1) is 5.10 Å². The Morgan fingerprint density at radius 1 is 1.56 bits per heavy atom. The van der Waals surface area contributed by atoms with Crippen LogP contribution in [0.25, 0.3) is 0 Å². The van der Waals surface area contributed by atoms with Crippen molar-refractivity contribution in [2.75, 3.05) is 0 Å². The molecule has 0 aliphatic rings. The lowest BCUT2D eigenvalue weighted by Crippen LogP contribution is -1.97. The van der Waals surface area contributed by atoms with Crippen LogP contribution in [-0.4, -0.2) is 20.2 Å². The normalized spacial score (nSPS) is 9.89. The molecule has 0 radical (unpaired) electrons. The van der Waals surface area contributed by atoms with E-state index in [2.05, 4.69) is 22.4 Å². The first-order valence-electron chi connectivity index (χ1n) is 3.14. The highest BCUT2D eigenvalue weighted by atomic mass is 15.5. The molecular formula is C5H10N4. The Morgan fingerprint density at radius 2 is 2.44 bits per heavy atom. The van der Waals surface area contributed by atoms with Crippen molar-refractivity contribution in [3.63, 3.8) is 0 Å². The molecule has 4 nitrogen and oxygen atoms in total. The summed E-state index contributed by atoms with van der Waals surface area (Å²) in [5.74, 6) is 0. The van der Waals surface area contributed by atoms with Crippen LogP contribution in [0.15, 0.2) is 6.33 Å². The third-order valence-electron chi connectivity index (χ3n) is 1.13. The number of hydrogen-bond acceptors (Lipinski definition) is 3. The Morgan fingerprint density at radius 3 is 3.00 bits per heavy atom. The van der Waals surface area contributed by atoms with E-state index in [9.17, 15) is 0 Å². The summed E-state index contributed by atoms with van der Waals surface area (Å²) in [6.07, 6.45) is 3.96. The summed E-state index contributed by atoms with van der Waals surface area (Å²) >= 11 is 0. The van der Waals surface area contributed by atoms with Gasteiger partial charge in [0.15, 0.2) is 0 Å². The Kier molecular flexibility index (Phi) is 2.18. The Bertz CT molecular complexity index is 146. The highest BCUT2D eigenvalue weighted by Gasteiger charge is 1.87. The van der Waals surface area contributed by atoms with Crippen LogP contribution in [-0.2, 0) is 6.54 Å². The molecule has 0 spiro atoms. The zero-order chi connectivity index (χ0) is 6.53. The largest absolute Gasteiger partial charge is 0.233 e. The van der Waals surface area contributed by atoms with Gasteiger partial charge in [-0.25, -0.2) is 4.68 Å². The van der Waals surface area contributed by atoms with Crippen molar-refractivity contribution in [2.45, 2.75) is 26.3 Å². The smallest absolute Gasteiger partial charge is 0.138 e. The Labute approximate surface area is 53.9 Å². The minimum atomic E-state index is 0.934. The molecule has 1 aromatic heterocycles. The zero-order valence-electron chi connectivity index (χ0n) is 5.49. The third-order valence-corrected chi connectivity index (χ3v) is 1.13. The second-order valence-corrected chi connectivity index (χ2v) is 1.93. The van der Waals surface area contributed by atoms with Gasteiger partial charge in [-0.05, 0) is 16.8 Å². The average Bonchev–Trinajstić information content (AvgIpc) is 2.34. The minimum Gasteiger partial charge on any atom is -0.233 e. The number of aryl methyl sites for hydroxylation is 1. The third kappa shape index (κ3) is 1.79. The molecule has 0 aliphatic carbocycles. The Balaban J connectivity index is 2.30. The van der Waals surface area contributed by atoms with Crippen LogP contribution >= 0.6 is 0 Å². The quantitative estimate of drug-likeness (QED) is 0.591. The van der Waals surface area contributed by atoms with Gasteiger partial charge in [-0.2, -0.15) is 0 Å². The fourth-order valence-corrected chi connectivity index (χ4v) is 0.603. The maximum absolute atomic E-state index is 3.71. The standard InChI is InChI=1S/C5H10N4/c1-2-3-4-9-5-6-7-8-9/h5H,2-4H2,1H3. The zero-order valence-corrected chi connectivity index (χ0v) is 5.49. The van der Waals surface area contributed by atoms with Crippen molar-refractivity contribution in [2.24, 2.45) is 0 Å². The van der Waals surface area contributed by atoms with Gasteiger partial charge >= 0.3 is 0 Å². The first-order valence-corrected chi connectivity index (χ1v) is 3.14. The molecule has 0 bridgehead atoms.